The number of unbranched alkanes of at least 4 members (excludes halogenated alkanes) is 26. The van der Waals surface area contributed by atoms with Crippen molar-refractivity contribution in [3.63, 3.8) is 0 Å². The van der Waals surface area contributed by atoms with Crippen LogP contribution in [0.1, 0.15) is 264 Å². The Hall–Kier alpha value is -3.47. The van der Waals surface area contributed by atoms with Gasteiger partial charge in [0.1, 0.15) is 0 Å². The first-order valence-corrected chi connectivity index (χ1v) is 29.9. The Morgan fingerprint density at radius 1 is 0.352 bits per heavy atom. The molecule has 0 spiro atoms. The summed E-state index contributed by atoms with van der Waals surface area (Å²) in [5, 5.41) is 23.2. The number of carbonyl (C=O) groups is 1. The number of carbonyl (C=O) groups excluding carboxylic acids is 1. The molecule has 4 heteroatoms. The standard InChI is InChI=1S/C67H113NO3/c1-3-5-7-9-11-13-15-17-19-21-23-25-27-29-31-32-33-34-35-36-37-39-41-43-45-47-49-51-53-55-57-59-61-63-67(71)68-65(64-69)66(70)62-60-58-56-54-52-50-48-46-44-42-40-38-30-28-26-24-22-20-18-16-14-12-10-8-6-4-2/h5,7,11,13,17,19,23,25,29,31,33-34,36-37,41,43-44,46,52,54,60,62,65-66,69-70H,3-4,6,8-10,12,14-16,18,20-22,24,26-28,30,32,35,38-40,42,45,47-51,53,55-59,61,63-64H2,1-2H3,(H,68,71)/b7-5-,13-11-,19-17-,25-23-,31-29-,34-33-,37-36-,43-41-,46-44+,54-52+,62-60+. The highest BCUT2D eigenvalue weighted by Gasteiger charge is 2.18. The molecule has 0 aromatic carbocycles. The zero-order chi connectivity index (χ0) is 51.3. The minimum absolute atomic E-state index is 0.0908. The van der Waals surface area contributed by atoms with Crippen LogP contribution in [0, 0.1) is 0 Å². The second-order valence-electron chi connectivity index (χ2n) is 19.7. The molecule has 0 bridgehead atoms. The maximum absolute atomic E-state index is 12.5. The normalized spacial score (nSPS) is 13.8. The fourth-order valence-corrected chi connectivity index (χ4v) is 8.34. The molecular formula is C67H113NO3. The lowest BCUT2D eigenvalue weighted by atomic mass is 10.0. The molecule has 0 aliphatic carbocycles. The molecule has 71 heavy (non-hydrogen) atoms. The van der Waals surface area contributed by atoms with Crippen molar-refractivity contribution in [2.45, 2.75) is 276 Å². The van der Waals surface area contributed by atoms with E-state index in [0.717, 1.165) is 103 Å². The number of aliphatic hydroxyl groups is 2. The molecule has 0 saturated heterocycles. The van der Waals surface area contributed by atoms with Gasteiger partial charge in [0, 0.05) is 6.42 Å². The van der Waals surface area contributed by atoms with Gasteiger partial charge in [-0.15, -0.1) is 0 Å². The van der Waals surface area contributed by atoms with Crippen LogP contribution < -0.4 is 5.32 Å². The predicted molar refractivity (Wildman–Crippen MR) is 317 cm³/mol. The van der Waals surface area contributed by atoms with Gasteiger partial charge in [-0.3, -0.25) is 4.79 Å². The van der Waals surface area contributed by atoms with Crippen LogP contribution in [0.15, 0.2) is 134 Å². The quantitative estimate of drug-likeness (QED) is 0.0420. The summed E-state index contributed by atoms with van der Waals surface area (Å²) in [6, 6.07) is -0.661. The van der Waals surface area contributed by atoms with Gasteiger partial charge in [0.25, 0.3) is 0 Å². The van der Waals surface area contributed by atoms with E-state index in [9.17, 15) is 15.0 Å². The van der Waals surface area contributed by atoms with Crippen molar-refractivity contribution in [2.24, 2.45) is 0 Å². The Morgan fingerprint density at radius 2 is 0.634 bits per heavy atom. The number of aliphatic hydroxyl groups excluding tert-OH is 2. The number of allylic oxidation sites excluding steroid dienone is 21. The highest BCUT2D eigenvalue weighted by Crippen LogP contribution is 2.15. The zero-order valence-electron chi connectivity index (χ0n) is 46.4. The fraction of sp³-hybridized carbons (Fsp3) is 0.657. The van der Waals surface area contributed by atoms with E-state index in [4.69, 9.17) is 0 Å². The number of amides is 1. The molecule has 0 heterocycles. The summed E-state index contributed by atoms with van der Waals surface area (Å²) in [5.41, 5.74) is 0. The lowest BCUT2D eigenvalue weighted by Crippen LogP contribution is -2.45. The van der Waals surface area contributed by atoms with Gasteiger partial charge < -0.3 is 15.5 Å². The second-order valence-corrected chi connectivity index (χ2v) is 19.7. The summed E-state index contributed by atoms with van der Waals surface area (Å²) in [6.07, 6.45) is 94.7. The van der Waals surface area contributed by atoms with Crippen LogP contribution in [0.4, 0.5) is 0 Å². The van der Waals surface area contributed by atoms with Crippen molar-refractivity contribution in [3.05, 3.63) is 134 Å². The highest BCUT2D eigenvalue weighted by molar-refractivity contribution is 5.76. The van der Waals surface area contributed by atoms with Gasteiger partial charge in [0.2, 0.25) is 5.91 Å². The monoisotopic (exact) mass is 980 g/mol. The molecule has 4 nitrogen and oxygen atoms in total. The Balaban J connectivity index is 3.65. The molecular weight excluding hydrogens is 867 g/mol. The van der Waals surface area contributed by atoms with Crippen LogP contribution in [-0.4, -0.2) is 34.9 Å². The van der Waals surface area contributed by atoms with Crippen LogP contribution in [0.3, 0.4) is 0 Å². The van der Waals surface area contributed by atoms with Crippen molar-refractivity contribution in [1.29, 1.82) is 0 Å². The van der Waals surface area contributed by atoms with E-state index in [0.29, 0.717) is 6.42 Å². The molecule has 3 N–H and O–H groups in total. The third-order valence-corrected chi connectivity index (χ3v) is 12.8. The van der Waals surface area contributed by atoms with Gasteiger partial charge in [-0.2, -0.15) is 0 Å². The minimum Gasteiger partial charge on any atom is -0.394 e. The van der Waals surface area contributed by atoms with E-state index in [1.54, 1.807) is 6.08 Å². The Bertz CT molecular complexity index is 1440. The van der Waals surface area contributed by atoms with Crippen molar-refractivity contribution in [2.75, 3.05) is 6.61 Å². The SMILES string of the molecule is CC/C=C\C/C=C\C/C=C\C/C=C\C/C=C\C/C=C\C/C=C\C/C=C\CCCCCCCCCCC(=O)NC(CO)C(O)/C=C/CC/C=C/CC/C=C/CCCCCCCCCCCCCCCCCC. The van der Waals surface area contributed by atoms with Crippen LogP contribution in [-0.2, 0) is 4.79 Å². The predicted octanol–water partition coefficient (Wildman–Crippen LogP) is 20.2. The molecule has 0 aromatic heterocycles. The van der Waals surface area contributed by atoms with E-state index in [1.807, 2.05) is 6.08 Å². The maximum Gasteiger partial charge on any atom is 0.220 e. The van der Waals surface area contributed by atoms with Crippen LogP contribution in [0.5, 0.6) is 0 Å². The van der Waals surface area contributed by atoms with E-state index < -0.39 is 12.1 Å². The van der Waals surface area contributed by atoms with Crippen molar-refractivity contribution >= 4 is 5.91 Å². The summed E-state index contributed by atoms with van der Waals surface area (Å²) in [7, 11) is 0. The molecule has 0 fully saturated rings. The molecule has 0 saturated carbocycles. The molecule has 0 aliphatic heterocycles. The van der Waals surface area contributed by atoms with Gasteiger partial charge in [0.15, 0.2) is 0 Å². The fourth-order valence-electron chi connectivity index (χ4n) is 8.34. The van der Waals surface area contributed by atoms with Gasteiger partial charge in [0.05, 0.1) is 18.8 Å². The Morgan fingerprint density at radius 3 is 0.986 bits per heavy atom. The third kappa shape index (κ3) is 57.3. The first-order valence-electron chi connectivity index (χ1n) is 29.9. The zero-order valence-corrected chi connectivity index (χ0v) is 46.4. The van der Waals surface area contributed by atoms with E-state index in [-0.39, 0.29) is 12.5 Å². The number of nitrogens with one attached hydrogen (secondary N) is 1. The van der Waals surface area contributed by atoms with Crippen molar-refractivity contribution in [1.82, 2.24) is 5.32 Å². The number of hydrogen-bond acceptors (Lipinski definition) is 3. The molecule has 0 aliphatic rings. The van der Waals surface area contributed by atoms with Gasteiger partial charge in [-0.1, -0.05) is 282 Å². The molecule has 0 rings (SSSR count). The van der Waals surface area contributed by atoms with Crippen LogP contribution in [0.2, 0.25) is 0 Å². The average Bonchev–Trinajstić information content (AvgIpc) is 3.37. The number of hydrogen-bond donors (Lipinski definition) is 3. The average molecular weight is 981 g/mol. The first kappa shape index (κ1) is 67.5. The number of rotatable bonds is 53. The van der Waals surface area contributed by atoms with Gasteiger partial charge in [-0.05, 0) is 109 Å². The smallest absolute Gasteiger partial charge is 0.220 e. The summed E-state index contributed by atoms with van der Waals surface area (Å²) < 4.78 is 0. The Labute approximate surface area is 441 Å². The summed E-state index contributed by atoms with van der Waals surface area (Å²) >= 11 is 0. The lowest BCUT2D eigenvalue weighted by Gasteiger charge is -2.19. The van der Waals surface area contributed by atoms with E-state index in [1.165, 1.54) is 141 Å². The Kier molecular flexibility index (Phi) is 57.9. The molecule has 1 amide bonds. The lowest BCUT2D eigenvalue weighted by molar-refractivity contribution is -0.123. The largest absolute Gasteiger partial charge is 0.394 e. The van der Waals surface area contributed by atoms with Gasteiger partial charge >= 0.3 is 0 Å². The molecule has 0 radical (unpaired) electrons. The van der Waals surface area contributed by atoms with Crippen molar-refractivity contribution in [3.8, 4) is 0 Å². The first-order chi connectivity index (χ1) is 35.2. The molecule has 2 unspecified atom stereocenters. The second kappa shape index (κ2) is 60.8. The van der Waals surface area contributed by atoms with E-state index >= 15 is 0 Å². The molecule has 0 aromatic rings. The highest BCUT2D eigenvalue weighted by atomic mass is 16.3. The maximum atomic E-state index is 12.5. The summed E-state index contributed by atoms with van der Waals surface area (Å²) in [5.74, 6) is -0.0908. The summed E-state index contributed by atoms with van der Waals surface area (Å²) in [6.45, 7) is 4.18. The van der Waals surface area contributed by atoms with Crippen LogP contribution in [0.25, 0.3) is 0 Å². The molecule has 2 atom stereocenters. The topological polar surface area (TPSA) is 69.6 Å². The third-order valence-electron chi connectivity index (χ3n) is 12.8. The van der Waals surface area contributed by atoms with E-state index in [2.05, 4.69) is 141 Å². The van der Waals surface area contributed by atoms with Crippen molar-refractivity contribution < 1.29 is 15.0 Å². The summed E-state index contributed by atoms with van der Waals surface area (Å²) in [4.78, 5) is 12.5. The minimum atomic E-state index is -0.885. The van der Waals surface area contributed by atoms with Crippen LogP contribution >= 0.6 is 0 Å². The molecule has 404 valence electrons. The van der Waals surface area contributed by atoms with Gasteiger partial charge in [-0.25, -0.2) is 0 Å².